The van der Waals surface area contributed by atoms with Crippen LogP contribution in [0.25, 0.3) is 0 Å². The van der Waals surface area contributed by atoms with Crippen molar-refractivity contribution in [2.75, 3.05) is 5.75 Å². The van der Waals surface area contributed by atoms with Crippen molar-refractivity contribution < 1.29 is 24.2 Å². The molecule has 1 aromatic heterocycles. The number of carbonyl (C=O) groups excluding carboxylic acids is 2. The molecule has 12 heteroatoms. The van der Waals surface area contributed by atoms with Crippen LogP contribution in [0.15, 0.2) is 84.0 Å². The predicted octanol–water partition coefficient (Wildman–Crippen LogP) is 4.04. The van der Waals surface area contributed by atoms with Crippen LogP contribution in [0.5, 0.6) is 0 Å². The number of rotatable bonds is 12. The molecule has 3 N–H and O–H groups in total. The Morgan fingerprint density at radius 1 is 0.977 bits per heavy atom. The zero-order valence-corrected chi connectivity index (χ0v) is 25.4. The summed E-state index contributed by atoms with van der Waals surface area (Å²) >= 11 is 1.52. The van der Waals surface area contributed by atoms with Crippen molar-refractivity contribution in [3.8, 4) is 0 Å². The van der Waals surface area contributed by atoms with E-state index in [1.807, 2.05) is 78.9 Å². The largest absolute Gasteiger partial charge is 0.392 e. The smallest absolute Gasteiger partial charge is 0.315 e. The van der Waals surface area contributed by atoms with Crippen LogP contribution in [0.4, 0.5) is 4.79 Å². The number of amides is 2. The van der Waals surface area contributed by atoms with Crippen molar-refractivity contribution in [1.29, 1.82) is 0 Å². The molecule has 1 fully saturated rings. The Morgan fingerprint density at radius 3 is 2.34 bits per heavy atom. The lowest BCUT2D eigenvalue weighted by Crippen LogP contribution is -2.46. The van der Waals surface area contributed by atoms with Crippen LogP contribution in [0, 0.1) is 0 Å². The number of nitrogens with zero attached hydrogens (tertiary/aromatic N) is 4. The average Bonchev–Trinajstić information content (AvgIpc) is 3.47. The van der Waals surface area contributed by atoms with Gasteiger partial charge in [0, 0.05) is 31.3 Å². The van der Waals surface area contributed by atoms with Gasteiger partial charge in [0.25, 0.3) is 0 Å². The number of ether oxygens (including phenoxy) is 2. The highest BCUT2D eigenvalue weighted by molar-refractivity contribution is 7.99. The molecule has 0 saturated carbocycles. The zero-order chi connectivity index (χ0) is 30.9. The maximum absolute atomic E-state index is 12.6. The second-order valence-corrected chi connectivity index (χ2v) is 11.7. The van der Waals surface area contributed by atoms with Gasteiger partial charge in [0.1, 0.15) is 0 Å². The Bertz CT molecular complexity index is 1520. The molecular weight excluding hydrogens is 580 g/mol. The minimum atomic E-state index is -0.607. The first kappa shape index (κ1) is 31.3. The number of tetrazole rings is 1. The summed E-state index contributed by atoms with van der Waals surface area (Å²) in [6.45, 7) is 1.75. The Kier molecular flexibility index (Phi) is 10.7. The number of carbonyl (C=O) groups is 2. The van der Waals surface area contributed by atoms with Gasteiger partial charge in [0.05, 0.1) is 24.9 Å². The molecule has 5 rings (SSSR count). The number of aryl methyl sites for hydroxylation is 1. The molecule has 44 heavy (non-hydrogen) atoms. The zero-order valence-electron chi connectivity index (χ0n) is 24.6. The van der Waals surface area contributed by atoms with Crippen molar-refractivity contribution in [2.24, 2.45) is 7.05 Å². The van der Waals surface area contributed by atoms with Crippen LogP contribution in [-0.2, 0) is 40.9 Å². The summed E-state index contributed by atoms with van der Waals surface area (Å²) in [5.74, 6) is 0.538. The standard InChI is InChI=1S/C32H36N6O5S/c1-21(40)28(16-22-6-4-3-5-7-22)34-31(41)33-18-23-8-14-26(15-9-23)30-42-27(20-44-32-35-36-37-38(32)2)17-29(43-30)25-12-10-24(19-39)11-13-25/h3-15,27-30,39H,16-20H2,1-2H3,(H2,33,34,41). The first-order chi connectivity index (χ1) is 21.4. The summed E-state index contributed by atoms with van der Waals surface area (Å²) in [5.41, 5.74) is 4.57. The van der Waals surface area contributed by atoms with Crippen molar-refractivity contribution >= 4 is 23.6 Å². The minimum absolute atomic E-state index is 0.0175. The minimum Gasteiger partial charge on any atom is -0.392 e. The van der Waals surface area contributed by atoms with E-state index in [0.717, 1.165) is 27.8 Å². The number of aliphatic hydroxyl groups excluding tert-OH is 1. The molecule has 0 spiro atoms. The highest BCUT2D eigenvalue weighted by Crippen LogP contribution is 2.39. The SMILES string of the molecule is CC(=O)C(Cc1ccccc1)NC(=O)NCc1ccc(C2OC(CSc3nnnn3C)CC(c3ccc(CO)cc3)O2)cc1. The Morgan fingerprint density at radius 2 is 1.68 bits per heavy atom. The van der Waals surface area contributed by atoms with Crippen molar-refractivity contribution in [2.45, 2.75) is 62.6 Å². The summed E-state index contributed by atoms with van der Waals surface area (Å²) in [5, 5.41) is 27.5. The highest BCUT2D eigenvalue weighted by Gasteiger charge is 2.32. The number of thioether (sulfide) groups is 1. The van der Waals surface area contributed by atoms with E-state index in [1.165, 1.54) is 18.7 Å². The summed E-state index contributed by atoms with van der Waals surface area (Å²) in [4.78, 5) is 24.7. The lowest BCUT2D eigenvalue weighted by molar-refractivity contribution is -0.245. The Balaban J connectivity index is 1.21. The van der Waals surface area contributed by atoms with Crippen LogP contribution in [0.1, 0.15) is 53.6 Å². The van der Waals surface area contributed by atoms with Crippen molar-refractivity contribution in [3.05, 3.63) is 107 Å². The van der Waals surface area contributed by atoms with Crippen molar-refractivity contribution in [3.63, 3.8) is 0 Å². The van der Waals surface area contributed by atoms with E-state index in [4.69, 9.17) is 9.47 Å². The van der Waals surface area contributed by atoms with E-state index >= 15 is 0 Å². The maximum atomic E-state index is 12.6. The van der Waals surface area contributed by atoms with Crippen LogP contribution < -0.4 is 10.6 Å². The van der Waals surface area contributed by atoms with E-state index in [2.05, 4.69) is 26.2 Å². The first-order valence-corrected chi connectivity index (χ1v) is 15.4. The third-order valence-electron chi connectivity index (χ3n) is 7.38. The van der Waals surface area contributed by atoms with Gasteiger partial charge in [0.2, 0.25) is 5.16 Å². The molecule has 2 heterocycles. The van der Waals surface area contributed by atoms with E-state index in [0.29, 0.717) is 30.3 Å². The fourth-order valence-corrected chi connectivity index (χ4v) is 5.73. The number of nitrogens with one attached hydrogen (secondary N) is 2. The van der Waals surface area contributed by atoms with Gasteiger partial charge in [-0.05, 0) is 46.0 Å². The third-order valence-corrected chi connectivity index (χ3v) is 8.52. The number of hydrogen-bond acceptors (Lipinski definition) is 9. The van der Waals surface area contributed by atoms with E-state index < -0.39 is 18.4 Å². The summed E-state index contributed by atoms with van der Waals surface area (Å²) in [6, 6.07) is 24.0. The molecule has 3 aromatic carbocycles. The van der Waals surface area contributed by atoms with Gasteiger partial charge in [-0.15, -0.1) is 5.10 Å². The second-order valence-electron chi connectivity index (χ2n) is 10.7. The molecular formula is C32H36N6O5S. The molecule has 1 aliphatic heterocycles. The average molecular weight is 617 g/mol. The van der Waals surface area contributed by atoms with Crippen LogP contribution in [-0.4, -0.2) is 55.0 Å². The number of urea groups is 1. The lowest BCUT2D eigenvalue weighted by Gasteiger charge is -2.36. The molecule has 0 bridgehead atoms. The van der Waals surface area contributed by atoms with Crippen molar-refractivity contribution in [1.82, 2.24) is 30.8 Å². The monoisotopic (exact) mass is 616 g/mol. The van der Waals surface area contributed by atoms with E-state index in [9.17, 15) is 14.7 Å². The molecule has 1 saturated heterocycles. The fraction of sp³-hybridized carbons (Fsp3) is 0.344. The molecule has 4 unspecified atom stereocenters. The van der Waals surface area contributed by atoms with Gasteiger partial charge in [-0.1, -0.05) is 90.6 Å². The Labute approximate surface area is 260 Å². The quantitative estimate of drug-likeness (QED) is 0.201. The number of hydrogen-bond donors (Lipinski definition) is 3. The molecule has 1 aliphatic rings. The van der Waals surface area contributed by atoms with Gasteiger partial charge in [0.15, 0.2) is 12.1 Å². The molecule has 11 nitrogen and oxygen atoms in total. The van der Waals surface area contributed by atoms with Gasteiger partial charge in [-0.25, -0.2) is 9.48 Å². The summed E-state index contributed by atoms with van der Waals surface area (Å²) in [6.07, 6.45) is 0.138. The molecule has 2 amide bonds. The molecule has 4 atom stereocenters. The van der Waals surface area contributed by atoms with Crippen LogP contribution >= 0.6 is 11.8 Å². The fourth-order valence-electron chi connectivity index (χ4n) is 4.86. The van der Waals surface area contributed by atoms with E-state index in [1.54, 1.807) is 11.7 Å². The number of aliphatic hydroxyl groups is 1. The normalized spacial score (nSPS) is 18.8. The molecule has 230 valence electrons. The molecule has 0 aliphatic carbocycles. The number of aromatic nitrogens is 4. The molecule has 4 aromatic rings. The van der Waals surface area contributed by atoms with Gasteiger partial charge in [-0.3, -0.25) is 4.79 Å². The van der Waals surface area contributed by atoms with Crippen LogP contribution in [0.2, 0.25) is 0 Å². The number of ketones is 1. The predicted molar refractivity (Wildman–Crippen MR) is 164 cm³/mol. The van der Waals surface area contributed by atoms with Gasteiger partial charge < -0.3 is 25.2 Å². The highest BCUT2D eigenvalue weighted by atomic mass is 32.2. The van der Waals surface area contributed by atoms with Gasteiger partial charge in [-0.2, -0.15) is 0 Å². The summed E-state index contributed by atoms with van der Waals surface area (Å²) < 4.78 is 14.4. The van der Waals surface area contributed by atoms with Crippen LogP contribution in [0.3, 0.4) is 0 Å². The summed E-state index contributed by atoms with van der Waals surface area (Å²) in [7, 11) is 1.80. The second kappa shape index (κ2) is 15.1. The third kappa shape index (κ3) is 8.50. The maximum Gasteiger partial charge on any atom is 0.315 e. The number of benzene rings is 3. The molecule has 0 radical (unpaired) electrons. The van der Waals surface area contributed by atoms with E-state index in [-0.39, 0.29) is 24.6 Å². The Hall–Kier alpha value is -4.10. The topological polar surface area (TPSA) is 140 Å². The number of Topliss-reactive ketones (excluding diaryl/α,β-unsaturated/α-hetero) is 1. The van der Waals surface area contributed by atoms with Gasteiger partial charge >= 0.3 is 6.03 Å². The first-order valence-electron chi connectivity index (χ1n) is 14.4. The lowest BCUT2D eigenvalue weighted by atomic mass is 10.0.